The van der Waals surface area contributed by atoms with Crippen molar-refractivity contribution < 1.29 is 9.00 Å². The van der Waals surface area contributed by atoms with Crippen LogP contribution in [0.3, 0.4) is 0 Å². The fraction of sp³-hybridized carbons (Fsp3) is 0.333. The van der Waals surface area contributed by atoms with E-state index in [4.69, 9.17) is 0 Å². The first-order chi connectivity index (χ1) is 10.6. The van der Waals surface area contributed by atoms with Gasteiger partial charge >= 0.3 is 6.03 Å². The van der Waals surface area contributed by atoms with Crippen LogP contribution in [0.1, 0.15) is 23.4 Å². The third-order valence-corrected chi connectivity index (χ3v) is 5.09. The number of rotatable bonds is 6. The standard InChI is InChI=1S/C15H19N3O2S2/c1-11(14-16-7-8-21-14)9-17-15(19)18-10-12-3-5-13(6-4-12)22(2)20/h3-8,11H,9-10H2,1-2H3,(H2,17,18,19)/t11-,22+/m0/s1. The van der Waals surface area contributed by atoms with Crippen molar-refractivity contribution >= 4 is 28.2 Å². The first-order valence-corrected chi connectivity index (χ1v) is 9.33. The summed E-state index contributed by atoms with van der Waals surface area (Å²) in [5.41, 5.74) is 0.970. The molecule has 0 bridgehead atoms. The minimum atomic E-state index is -0.978. The molecule has 2 atom stereocenters. The first-order valence-electron chi connectivity index (χ1n) is 6.89. The van der Waals surface area contributed by atoms with Crippen molar-refractivity contribution in [1.82, 2.24) is 15.6 Å². The molecule has 2 N–H and O–H groups in total. The highest BCUT2D eigenvalue weighted by Crippen LogP contribution is 2.16. The third kappa shape index (κ3) is 4.92. The van der Waals surface area contributed by atoms with Crippen LogP contribution in [0.4, 0.5) is 4.79 Å². The van der Waals surface area contributed by atoms with Crippen LogP contribution in [0.5, 0.6) is 0 Å². The lowest BCUT2D eigenvalue weighted by Gasteiger charge is -2.11. The van der Waals surface area contributed by atoms with E-state index in [-0.39, 0.29) is 11.9 Å². The fourth-order valence-corrected chi connectivity index (χ4v) is 3.07. The molecular formula is C15H19N3O2S2. The zero-order valence-electron chi connectivity index (χ0n) is 12.5. The number of aromatic nitrogens is 1. The molecule has 118 valence electrons. The van der Waals surface area contributed by atoms with Crippen molar-refractivity contribution in [3.63, 3.8) is 0 Å². The van der Waals surface area contributed by atoms with E-state index in [9.17, 15) is 9.00 Å². The normalized spacial score (nSPS) is 13.4. The van der Waals surface area contributed by atoms with Gasteiger partial charge in [-0.3, -0.25) is 4.21 Å². The number of amides is 2. The van der Waals surface area contributed by atoms with Crippen LogP contribution >= 0.6 is 11.3 Å². The quantitative estimate of drug-likeness (QED) is 0.851. The Kier molecular flexibility index (Phi) is 6.09. The molecule has 5 nitrogen and oxygen atoms in total. The van der Waals surface area contributed by atoms with Gasteiger partial charge in [-0.2, -0.15) is 0 Å². The zero-order chi connectivity index (χ0) is 15.9. The van der Waals surface area contributed by atoms with Gasteiger partial charge in [0.05, 0.1) is 5.01 Å². The molecule has 2 aromatic rings. The van der Waals surface area contributed by atoms with E-state index >= 15 is 0 Å². The average molecular weight is 337 g/mol. The van der Waals surface area contributed by atoms with Crippen LogP contribution in [-0.4, -0.2) is 28.0 Å². The number of benzene rings is 1. The van der Waals surface area contributed by atoms with Crippen LogP contribution in [0.15, 0.2) is 40.7 Å². The molecule has 0 fully saturated rings. The third-order valence-electron chi connectivity index (χ3n) is 3.15. The van der Waals surface area contributed by atoms with E-state index in [1.54, 1.807) is 23.8 Å². The Bertz CT molecular complexity index is 627. The Balaban J connectivity index is 1.74. The second-order valence-electron chi connectivity index (χ2n) is 4.93. The van der Waals surface area contributed by atoms with Gasteiger partial charge in [0.25, 0.3) is 0 Å². The van der Waals surface area contributed by atoms with Gasteiger partial charge in [0.2, 0.25) is 0 Å². The maximum atomic E-state index is 11.8. The molecule has 1 heterocycles. The van der Waals surface area contributed by atoms with E-state index in [1.807, 2.05) is 36.6 Å². The molecule has 2 rings (SSSR count). The second kappa shape index (κ2) is 8.05. The molecule has 1 aromatic carbocycles. The molecule has 0 spiro atoms. The molecule has 1 aromatic heterocycles. The number of thiazole rings is 1. The van der Waals surface area contributed by atoms with Crippen molar-refractivity contribution in [2.45, 2.75) is 24.3 Å². The van der Waals surface area contributed by atoms with Gasteiger partial charge in [0.1, 0.15) is 0 Å². The molecular weight excluding hydrogens is 318 g/mol. The van der Waals surface area contributed by atoms with Gasteiger partial charge in [-0.1, -0.05) is 19.1 Å². The highest BCUT2D eigenvalue weighted by Gasteiger charge is 2.09. The second-order valence-corrected chi connectivity index (χ2v) is 7.24. The summed E-state index contributed by atoms with van der Waals surface area (Å²) >= 11 is 1.59. The summed E-state index contributed by atoms with van der Waals surface area (Å²) < 4.78 is 11.3. The van der Waals surface area contributed by atoms with Crippen molar-refractivity contribution in [3.05, 3.63) is 46.4 Å². The molecule has 7 heteroatoms. The first kappa shape index (κ1) is 16.6. The molecule has 0 radical (unpaired) electrons. The Labute approximate surface area is 136 Å². The largest absolute Gasteiger partial charge is 0.337 e. The lowest BCUT2D eigenvalue weighted by Crippen LogP contribution is -2.37. The van der Waals surface area contributed by atoms with Crippen LogP contribution in [0.25, 0.3) is 0 Å². The Hall–Kier alpha value is -1.73. The van der Waals surface area contributed by atoms with Crippen molar-refractivity contribution in [3.8, 4) is 0 Å². The number of nitrogens with zero attached hydrogens (tertiary/aromatic N) is 1. The number of hydrogen-bond acceptors (Lipinski definition) is 4. The van der Waals surface area contributed by atoms with Crippen molar-refractivity contribution in [2.24, 2.45) is 0 Å². The highest BCUT2D eigenvalue weighted by molar-refractivity contribution is 7.84. The predicted molar refractivity (Wildman–Crippen MR) is 89.5 cm³/mol. The number of hydrogen-bond donors (Lipinski definition) is 2. The molecule has 0 unspecified atom stereocenters. The maximum absolute atomic E-state index is 11.8. The molecule has 0 aliphatic rings. The van der Waals surface area contributed by atoms with Gasteiger partial charge in [-0.15, -0.1) is 11.3 Å². The Morgan fingerprint density at radius 2 is 2.05 bits per heavy atom. The number of nitrogens with one attached hydrogen (secondary N) is 2. The summed E-state index contributed by atoms with van der Waals surface area (Å²) in [6.07, 6.45) is 3.41. The van der Waals surface area contributed by atoms with E-state index in [1.165, 1.54) is 0 Å². The summed E-state index contributed by atoms with van der Waals surface area (Å²) in [6.45, 7) is 3.02. The van der Waals surface area contributed by atoms with Crippen LogP contribution in [-0.2, 0) is 17.3 Å². The minimum absolute atomic E-state index is 0.199. The van der Waals surface area contributed by atoms with E-state index < -0.39 is 10.8 Å². The van der Waals surface area contributed by atoms with Crippen LogP contribution in [0, 0.1) is 0 Å². The lowest BCUT2D eigenvalue weighted by atomic mass is 10.2. The Morgan fingerprint density at radius 1 is 1.32 bits per heavy atom. The van der Waals surface area contributed by atoms with Crippen LogP contribution in [0.2, 0.25) is 0 Å². The number of urea groups is 1. The van der Waals surface area contributed by atoms with E-state index in [0.717, 1.165) is 15.5 Å². The number of carbonyl (C=O) groups excluding carboxylic acids is 1. The van der Waals surface area contributed by atoms with E-state index in [2.05, 4.69) is 15.6 Å². The summed E-state index contributed by atoms with van der Waals surface area (Å²) in [6, 6.07) is 7.17. The molecule has 22 heavy (non-hydrogen) atoms. The maximum Gasteiger partial charge on any atom is 0.315 e. The van der Waals surface area contributed by atoms with Crippen molar-refractivity contribution in [1.29, 1.82) is 0 Å². The molecule has 0 saturated heterocycles. The smallest absolute Gasteiger partial charge is 0.315 e. The summed E-state index contributed by atoms with van der Waals surface area (Å²) in [5.74, 6) is 0.199. The predicted octanol–water partition coefficient (Wildman–Crippen LogP) is 2.48. The fourth-order valence-electron chi connectivity index (χ4n) is 1.85. The Morgan fingerprint density at radius 3 is 2.64 bits per heavy atom. The average Bonchev–Trinajstić information content (AvgIpc) is 3.05. The van der Waals surface area contributed by atoms with Gasteiger partial charge in [0.15, 0.2) is 0 Å². The van der Waals surface area contributed by atoms with Gasteiger partial charge in [0, 0.05) is 52.5 Å². The topological polar surface area (TPSA) is 71.1 Å². The monoisotopic (exact) mass is 337 g/mol. The summed E-state index contributed by atoms with van der Waals surface area (Å²) in [4.78, 5) is 16.8. The van der Waals surface area contributed by atoms with Gasteiger partial charge < -0.3 is 10.6 Å². The minimum Gasteiger partial charge on any atom is -0.337 e. The van der Waals surface area contributed by atoms with E-state index in [0.29, 0.717) is 13.1 Å². The van der Waals surface area contributed by atoms with Gasteiger partial charge in [-0.05, 0) is 17.7 Å². The van der Waals surface area contributed by atoms with Crippen LogP contribution < -0.4 is 10.6 Å². The highest BCUT2D eigenvalue weighted by atomic mass is 32.2. The number of carbonyl (C=O) groups is 1. The summed E-state index contributed by atoms with van der Waals surface area (Å²) in [7, 11) is -0.978. The molecule has 2 amide bonds. The molecule has 0 saturated carbocycles. The summed E-state index contributed by atoms with van der Waals surface area (Å²) in [5, 5.41) is 8.59. The molecule has 0 aliphatic heterocycles. The SMILES string of the molecule is C[C@@H](CNC(=O)NCc1ccc([S@@](C)=O)cc1)c1nccs1. The zero-order valence-corrected chi connectivity index (χ0v) is 14.2. The van der Waals surface area contributed by atoms with Gasteiger partial charge in [-0.25, -0.2) is 9.78 Å². The molecule has 0 aliphatic carbocycles. The lowest BCUT2D eigenvalue weighted by molar-refractivity contribution is 0.240. The van der Waals surface area contributed by atoms with Crippen molar-refractivity contribution in [2.75, 3.05) is 12.8 Å².